The van der Waals surface area contributed by atoms with E-state index in [-0.39, 0.29) is 29.3 Å². The molecular weight excluding hydrogens is 540 g/mol. The van der Waals surface area contributed by atoms with Crippen LogP contribution in [0.3, 0.4) is 0 Å². The van der Waals surface area contributed by atoms with Crippen LogP contribution in [0.15, 0.2) is 71.6 Å². The quantitative estimate of drug-likeness (QED) is 0.320. The number of sulfonamides is 1. The summed E-state index contributed by atoms with van der Waals surface area (Å²) in [5, 5.41) is 29.6. The number of hydrogen-bond donors (Lipinski definition) is 3. The summed E-state index contributed by atoms with van der Waals surface area (Å²) in [6, 6.07) is 18.1. The van der Waals surface area contributed by atoms with Crippen LogP contribution in [0, 0.1) is 6.92 Å². The van der Waals surface area contributed by atoms with Gasteiger partial charge in [-0.25, -0.2) is 8.42 Å². The minimum absolute atomic E-state index is 0.0811. The van der Waals surface area contributed by atoms with E-state index in [0.717, 1.165) is 11.1 Å². The van der Waals surface area contributed by atoms with E-state index >= 15 is 0 Å². The Morgan fingerprint density at radius 1 is 0.927 bits per heavy atom. The first-order chi connectivity index (χ1) is 19.6. The summed E-state index contributed by atoms with van der Waals surface area (Å²) in [5.41, 5.74) is 3.36. The zero-order chi connectivity index (χ0) is 29.1. The van der Waals surface area contributed by atoms with Crippen LogP contribution in [0.5, 0.6) is 5.75 Å². The molecule has 8 nitrogen and oxygen atoms in total. The predicted octanol–water partition coefficient (Wildman–Crippen LogP) is 5.12. The first-order valence-corrected chi connectivity index (χ1v) is 15.8. The average Bonchev–Trinajstić information content (AvgIpc) is 3.48. The molecule has 1 aliphatic carbocycles. The van der Waals surface area contributed by atoms with Crippen molar-refractivity contribution in [3.63, 3.8) is 0 Å². The van der Waals surface area contributed by atoms with Crippen LogP contribution in [0.2, 0.25) is 0 Å². The van der Waals surface area contributed by atoms with Crippen LogP contribution in [0.25, 0.3) is 0 Å². The van der Waals surface area contributed by atoms with Gasteiger partial charge >= 0.3 is 0 Å². The van der Waals surface area contributed by atoms with Gasteiger partial charge in [-0.15, -0.1) is 0 Å². The van der Waals surface area contributed by atoms with E-state index in [1.165, 1.54) is 65.1 Å². The normalized spacial score (nSPS) is 18.6. The smallest absolute Gasteiger partial charge is 0.245 e. The Balaban J connectivity index is 1.46. The van der Waals surface area contributed by atoms with Crippen LogP contribution >= 0.6 is 0 Å². The van der Waals surface area contributed by atoms with Gasteiger partial charge in [-0.1, -0.05) is 61.2 Å². The summed E-state index contributed by atoms with van der Waals surface area (Å²) in [6.07, 6.45) is 5.17. The minimum atomic E-state index is -3.91. The maximum absolute atomic E-state index is 14.2. The largest absolute Gasteiger partial charge is 0.507 e. The Labute approximate surface area is 241 Å². The van der Waals surface area contributed by atoms with Gasteiger partial charge in [0.1, 0.15) is 11.8 Å². The Morgan fingerprint density at radius 2 is 1.61 bits per heavy atom. The van der Waals surface area contributed by atoms with Crippen molar-refractivity contribution in [2.24, 2.45) is 0 Å². The van der Waals surface area contributed by atoms with Crippen LogP contribution in [0.4, 0.5) is 5.69 Å². The maximum Gasteiger partial charge on any atom is 0.245 e. The molecule has 3 aromatic carbocycles. The number of phenolic OH excluding ortho intramolecular Hbond substituents is 1. The molecule has 2 aliphatic rings. The van der Waals surface area contributed by atoms with Crippen LogP contribution in [-0.4, -0.2) is 46.5 Å². The SMILES string of the molecule is Cc1ccc(S(=O)(=O)N2CCC[C@@H]2C(=O)N(Cc2ccc(C3CCCCC3)cc2)c2ccc(C(O)O)c(O)c2)cc1. The third-order valence-corrected chi connectivity index (χ3v) is 10.3. The number of amides is 1. The molecule has 1 atom stereocenters. The summed E-state index contributed by atoms with van der Waals surface area (Å²) < 4.78 is 28.5. The second-order valence-electron chi connectivity index (χ2n) is 11.2. The molecule has 9 heteroatoms. The number of aromatic hydroxyl groups is 1. The van der Waals surface area contributed by atoms with E-state index in [1.54, 1.807) is 24.3 Å². The lowest BCUT2D eigenvalue weighted by Gasteiger charge is -2.30. The Morgan fingerprint density at radius 3 is 2.24 bits per heavy atom. The highest BCUT2D eigenvalue weighted by molar-refractivity contribution is 7.89. The zero-order valence-corrected chi connectivity index (χ0v) is 24.1. The zero-order valence-electron chi connectivity index (χ0n) is 23.3. The fourth-order valence-electron chi connectivity index (χ4n) is 6.03. The predicted molar refractivity (Wildman–Crippen MR) is 157 cm³/mol. The molecule has 218 valence electrons. The van der Waals surface area contributed by atoms with Crippen LogP contribution in [-0.2, 0) is 21.4 Å². The van der Waals surface area contributed by atoms with Gasteiger partial charge in [-0.2, -0.15) is 4.31 Å². The number of aryl methyl sites for hydroxylation is 1. The maximum atomic E-state index is 14.2. The molecule has 1 saturated heterocycles. The third kappa shape index (κ3) is 6.33. The molecule has 0 radical (unpaired) electrons. The number of carbonyl (C=O) groups excluding carboxylic acids is 1. The minimum Gasteiger partial charge on any atom is -0.507 e. The number of benzene rings is 3. The molecule has 3 N–H and O–H groups in total. The van der Waals surface area contributed by atoms with Crippen LogP contribution in [0.1, 0.15) is 79.4 Å². The summed E-state index contributed by atoms with van der Waals surface area (Å²) >= 11 is 0. The van der Waals surface area contributed by atoms with Crippen molar-refractivity contribution in [2.45, 2.75) is 81.6 Å². The van der Waals surface area contributed by atoms with Crippen molar-refractivity contribution >= 4 is 21.6 Å². The van der Waals surface area contributed by atoms with Gasteiger partial charge in [0.2, 0.25) is 15.9 Å². The molecule has 5 rings (SSSR count). The summed E-state index contributed by atoms with van der Waals surface area (Å²) in [6.45, 7) is 2.28. The highest BCUT2D eigenvalue weighted by Crippen LogP contribution is 2.35. The Kier molecular flexibility index (Phi) is 8.79. The second kappa shape index (κ2) is 12.3. The van der Waals surface area contributed by atoms with E-state index in [0.29, 0.717) is 24.4 Å². The van der Waals surface area contributed by atoms with Gasteiger partial charge in [0.25, 0.3) is 0 Å². The molecule has 0 unspecified atom stereocenters. The number of anilines is 1. The molecule has 0 bridgehead atoms. The van der Waals surface area contributed by atoms with Gasteiger partial charge in [0.05, 0.1) is 11.4 Å². The lowest BCUT2D eigenvalue weighted by molar-refractivity contribution is -0.121. The van der Waals surface area contributed by atoms with E-state index in [9.17, 15) is 28.5 Å². The van der Waals surface area contributed by atoms with E-state index in [4.69, 9.17) is 0 Å². The number of hydrogen-bond acceptors (Lipinski definition) is 6. The molecule has 0 spiro atoms. The van der Waals surface area contributed by atoms with Gasteiger partial charge < -0.3 is 20.2 Å². The number of rotatable bonds is 8. The molecule has 1 amide bonds. The first kappa shape index (κ1) is 29.3. The second-order valence-corrected chi connectivity index (χ2v) is 13.1. The summed E-state index contributed by atoms with van der Waals surface area (Å²) in [5.74, 6) is -0.214. The van der Waals surface area contributed by atoms with Crippen molar-refractivity contribution in [3.8, 4) is 5.75 Å². The number of aliphatic hydroxyl groups excluding tert-OH is 1. The number of carbonyl (C=O) groups is 1. The third-order valence-electron chi connectivity index (χ3n) is 8.38. The highest BCUT2D eigenvalue weighted by atomic mass is 32.2. The van der Waals surface area contributed by atoms with Crippen molar-refractivity contribution in [2.75, 3.05) is 11.4 Å². The number of phenols is 1. The summed E-state index contributed by atoms with van der Waals surface area (Å²) in [7, 11) is -3.91. The van der Waals surface area contributed by atoms with Gasteiger partial charge in [-0.3, -0.25) is 4.79 Å². The van der Waals surface area contributed by atoms with Crippen molar-refractivity contribution in [1.29, 1.82) is 0 Å². The molecule has 0 aromatic heterocycles. The van der Waals surface area contributed by atoms with Crippen molar-refractivity contribution < 1.29 is 28.5 Å². The lowest BCUT2D eigenvalue weighted by atomic mass is 9.84. The lowest BCUT2D eigenvalue weighted by Crippen LogP contribution is -2.47. The topological polar surface area (TPSA) is 118 Å². The van der Waals surface area contributed by atoms with Gasteiger partial charge in [0.15, 0.2) is 6.29 Å². The summed E-state index contributed by atoms with van der Waals surface area (Å²) in [4.78, 5) is 15.8. The van der Waals surface area contributed by atoms with E-state index < -0.39 is 28.3 Å². The van der Waals surface area contributed by atoms with E-state index in [2.05, 4.69) is 12.1 Å². The molecule has 2 fully saturated rings. The van der Waals surface area contributed by atoms with Crippen molar-refractivity contribution in [1.82, 2.24) is 4.31 Å². The molecular formula is C32H38N2O6S. The number of aliphatic hydroxyl groups is 2. The molecule has 1 saturated carbocycles. The molecule has 41 heavy (non-hydrogen) atoms. The highest BCUT2D eigenvalue weighted by Gasteiger charge is 2.41. The molecule has 1 aliphatic heterocycles. The monoisotopic (exact) mass is 578 g/mol. The Bertz CT molecular complexity index is 1470. The number of nitrogens with zero attached hydrogens (tertiary/aromatic N) is 2. The Hall–Kier alpha value is -3.24. The molecule has 1 heterocycles. The fourth-order valence-corrected chi connectivity index (χ4v) is 7.68. The van der Waals surface area contributed by atoms with E-state index in [1.807, 2.05) is 19.1 Å². The van der Waals surface area contributed by atoms with Crippen molar-refractivity contribution in [3.05, 3.63) is 89.0 Å². The average molecular weight is 579 g/mol. The van der Waals surface area contributed by atoms with Crippen LogP contribution < -0.4 is 4.90 Å². The first-order valence-electron chi connectivity index (χ1n) is 14.3. The molecule has 3 aromatic rings. The standard InChI is InChI=1S/C32H38N2O6S/c1-22-9-16-27(17-10-22)41(39,40)34-19-5-8-29(34)31(36)33(26-15-18-28(32(37)38)30(35)20-26)21-23-11-13-25(14-12-23)24-6-3-2-4-7-24/h9-18,20,24,29,32,35,37-38H,2-8,19,21H2,1H3/t29-/m1/s1. The van der Waals surface area contributed by atoms with Gasteiger partial charge in [0, 0.05) is 23.9 Å². The van der Waals surface area contributed by atoms with Gasteiger partial charge in [-0.05, 0) is 73.9 Å². The fraction of sp³-hybridized carbons (Fsp3) is 0.406.